The Bertz CT molecular complexity index is 1230. The molecule has 4 aromatic heterocycles. The molecule has 0 aliphatic heterocycles. The van der Waals surface area contributed by atoms with Crippen molar-refractivity contribution < 1.29 is 18.0 Å². The number of rotatable bonds is 3. The number of carbonyl (C=O) groups is 1. The molecule has 0 unspecified atom stereocenters. The first-order chi connectivity index (χ1) is 13.7. The molecular formula is C18H13F3N6OS. The summed E-state index contributed by atoms with van der Waals surface area (Å²) in [7, 11) is 0. The standard InChI is InChI=1S/C18H13F3N6OS/c1-9-8-29-17(24-9)14-23-6-12(10(2)25-14)16(28)26-27-7-13(18(19,20)21)11-4-3-5-22-15(11)27/h3-8H,1-2H3,(H,26,28). The lowest BCUT2D eigenvalue weighted by Gasteiger charge is -2.09. The van der Waals surface area contributed by atoms with Crippen molar-refractivity contribution >= 4 is 28.3 Å². The number of hydrogen-bond donors (Lipinski definition) is 1. The van der Waals surface area contributed by atoms with Crippen LogP contribution >= 0.6 is 11.3 Å². The van der Waals surface area contributed by atoms with Gasteiger partial charge in [-0.15, -0.1) is 11.3 Å². The number of pyridine rings is 1. The van der Waals surface area contributed by atoms with Gasteiger partial charge in [-0.1, -0.05) is 0 Å². The lowest BCUT2D eigenvalue weighted by molar-refractivity contribution is -0.136. The van der Waals surface area contributed by atoms with E-state index in [2.05, 4.69) is 25.4 Å². The maximum Gasteiger partial charge on any atom is 0.418 e. The van der Waals surface area contributed by atoms with E-state index in [-0.39, 0.29) is 16.6 Å². The van der Waals surface area contributed by atoms with Gasteiger partial charge in [-0.05, 0) is 26.0 Å². The van der Waals surface area contributed by atoms with Crippen LogP contribution in [0, 0.1) is 13.8 Å². The van der Waals surface area contributed by atoms with E-state index in [1.165, 1.54) is 35.9 Å². The zero-order valence-electron chi connectivity index (χ0n) is 15.2. The molecule has 1 N–H and O–H groups in total. The number of aromatic nitrogens is 5. The molecule has 0 atom stereocenters. The molecular weight excluding hydrogens is 405 g/mol. The van der Waals surface area contributed by atoms with Gasteiger partial charge in [0.2, 0.25) is 0 Å². The summed E-state index contributed by atoms with van der Waals surface area (Å²) in [6.45, 7) is 3.47. The molecule has 4 heterocycles. The van der Waals surface area contributed by atoms with E-state index in [0.29, 0.717) is 16.5 Å². The van der Waals surface area contributed by atoms with Crippen LogP contribution in [-0.2, 0) is 6.18 Å². The maximum atomic E-state index is 13.3. The predicted molar refractivity (Wildman–Crippen MR) is 101 cm³/mol. The second-order valence-electron chi connectivity index (χ2n) is 6.21. The molecule has 4 aromatic rings. The molecule has 1 amide bonds. The third-order valence-corrected chi connectivity index (χ3v) is 5.08. The molecule has 0 saturated carbocycles. The van der Waals surface area contributed by atoms with Crippen LogP contribution in [0.2, 0.25) is 0 Å². The number of aryl methyl sites for hydroxylation is 2. The minimum absolute atomic E-state index is 0.0124. The molecule has 0 fully saturated rings. The maximum absolute atomic E-state index is 13.3. The summed E-state index contributed by atoms with van der Waals surface area (Å²) in [4.78, 5) is 29.4. The third kappa shape index (κ3) is 3.56. The van der Waals surface area contributed by atoms with Gasteiger partial charge in [-0.2, -0.15) is 13.2 Å². The zero-order valence-corrected chi connectivity index (χ0v) is 16.0. The summed E-state index contributed by atoms with van der Waals surface area (Å²) in [6.07, 6.45) is -1.10. The van der Waals surface area contributed by atoms with Crippen LogP contribution in [0.5, 0.6) is 0 Å². The molecule has 0 aromatic carbocycles. The number of alkyl halides is 3. The number of nitrogens with one attached hydrogen (secondary N) is 1. The van der Waals surface area contributed by atoms with Crippen LogP contribution in [-0.4, -0.2) is 30.5 Å². The molecule has 148 valence electrons. The molecule has 7 nitrogen and oxygen atoms in total. The number of amides is 1. The van der Waals surface area contributed by atoms with Crippen molar-refractivity contribution in [3.63, 3.8) is 0 Å². The molecule has 0 spiro atoms. The second kappa shape index (κ2) is 6.92. The highest BCUT2D eigenvalue weighted by atomic mass is 32.1. The molecule has 0 saturated heterocycles. The largest absolute Gasteiger partial charge is 0.418 e. The lowest BCUT2D eigenvalue weighted by Crippen LogP contribution is -2.24. The lowest BCUT2D eigenvalue weighted by atomic mass is 10.2. The smallest absolute Gasteiger partial charge is 0.267 e. The fourth-order valence-electron chi connectivity index (χ4n) is 2.79. The Hall–Kier alpha value is -3.34. The van der Waals surface area contributed by atoms with Gasteiger partial charge < -0.3 is 0 Å². The first-order valence-corrected chi connectivity index (χ1v) is 9.23. The molecule has 0 aliphatic rings. The van der Waals surface area contributed by atoms with Crippen molar-refractivity contribution in [3.8, 4) is 10.8 Å². The molecule has 29 heavy (non-hydrogen) atoms. The number of thiazole rings is 1. The monoisotopic (exact) mass is 418 g/mol. The fraction of sp³-hybridized carbons (Fsp3) is 0.167. The number of fused-ring (bicyclic) bond motifs is 1. The van der Waals surface area contributed by atoms with E-state index < -0.39 is 17.6 Å². The summed E-state index contributed by atoms with van der Waals surface area (Å²) in [6, 6.07) is 2.70. The van der Waals surface area contributed by atoms with E-state index in [4.69, 9.17) is 0 Å². The Labute approximate surface area is 166 Å². The Balaban J connectivity index is 1.67. The predicted octanol–water partition coefficient (Wildman–Crippen LogP) is 3.97. The van der Waals surface area contributed by atoms with Crippen LogP contribution in [0.1, 0.15) is 27.3 Å². The van der Waals surface area contributed by atoms with Crippen molar-refractivity contribution in [2.75, 3.05) is 5.43 Å². The van der Waals surface area contributed by atoms with E-state index in [0.717, 1.165) is 16.6 Å². The fourth-order valence-corrected chi connectivity index (χ4v) is 3.52. The normalized spacial score (nSPS) is 11.8. The topological polar surface area (TPSA) is 85.6 Å². The van der Waals surface area contributed by atoms with Gasteiger partial charge in [-0.25, -0.2) is 24.6 Å². The van der Waals surface area contributed by atoms with Gasteiger partial charge in [0.15, 0.2) is 16.5 Å². The molecule has 0 radical (unpaired) electrons. The minimum atomic E-state index is -4.58. The van der Waals surface area contributed by atoms with Gasteiger partial charge >= 0.3 is 6.18 Å². The highest BCUT2D eigenvalue weighted by Crippen LogP contribution is 2.35. The van der Waals surface area contributed by atoms with Gasteiger partial charge in [0.1, 0.15) is 0 Å². The van der Waals surface area contributed by atoms with Gasteiger partial charge in [-0.3, -0.25) is 10.2 Å². The van der Waals surface area contributed by atoms with Crippen LogP contribution in [0.3, 0.4) is 0 Å². The highest BCUT2D eigenvalue weighted by molar-refractivity contribution is 7.13. The van der Waals surface area contributed by atoms with Crippen LogP contribution < -0.4 is 5.43 Å². The van der Waals surface area contributed by atoms with E-state index in [1.54, 1.807) is 6.92 Å². The molecule has 0 bridgehead atoms. The van der Waals surface area contributed by atoms with Gasteiger partial charge in [0.25, 0.3) is 5.91 Å². The van der Waals surface area contributed by atoms with E-state index in [1.807, 2.05) is 12.3 Å². The number of halogens is 3. The number of nitrogens with zero attached hydrogens (tertiary/aromatic N) is 5. The first kappa shape index (κ1) is 19.0. The second-order valence-corrected chi connectivity index (χ2v) is 7.07. The van der Waals surface area contributed by atoms with E-state index >= 15 is 0 Å². The van der Waals surface area contributed by atoms with Gasteiger partial charge in [0, 0.05) is 35.1 Å². The van der Waals surface area contributed by atoms with Gasteiger partial charge in [0.05, 0.1) is 16.8 Å². The summed E-state index contributed by atoms with van der Waals surface area (Å²) >= 11 is 1.38. The third-order valence-electron chi connectivity index (χ3n) is 4.12. The molecule has 11 heteroatoms. The highest BCUT2D eigenvalue weighted by Gasteiger charge is 2.35. The number of hydrogen-bond acceptors (Lipinski definition) is 6. The Kier molecular flexibility index (Phi) is 4.53. The van der Waals surface area contributed by atoms with E-state index in [9.17, 15) is 18.0 Å². The van der Waals surface area contributed by atoms with Crippen molar-refractivity contribution in [1.29, 1.82) is 0 Å². The summed E-state index contributed by atoms with van der Waals surface area (Å²) in [5, 5.41) is 2.37. The quantitative estimate of drug-likeness (QED) is 0.544. The average molecular weight is 418 g/mol. The van der Waals surface area contributed by atoms with Crippen LogP contribution in [0.4, 0.5) is 13.2 Å². The van der Waals surface area contributed by atoms with Crippen molar-refractivity contribution in [3.05, 3.63) is 58.6 Å². The van der Waals surface area contributed by atoms with Crippen LogP contribution in [0.25, 0.3) is 21.9 Å². The summed E-state index contributed by atoms with van der Waals surface area (Å²) < 4.78 is 40.8. The Morgan fingerprint density at radius 3 is 2.66 bits per heavy atom. The van der Waals surface area contributed by atoms with Crippen molar-refractivity contribution in [1.82, 2.24) is 24.6 Å². The van der Waals surface area contributed by atoms with Crippen molar-refractivity contribution in [2.24, 2.45) is 0 Å². The SMILES string of the molecule is Cc1csc(-c2ncc(C(=O)Nn3cc(C(F)(F)F)c4cccnc43)c(C)n2)n1. The zero-order chi connectivity index (χ0) is 20.8. The summed E-state index contributed by atoms with van der Waals surface area (Å²) in [5.74, 6) is -0.273. The average Bonchev–Trinajstić information content (AvgIpc) is 3.25. The minimum Gasteiger partial charge on any atom is -0.267 e. The Morgan fingerprint density at radius 1 is 1.21 bits per heavy atom. The van der Waals surface area contributed by atoms with Crippen molar-refractivity contribution in [2.45, 2.75) is 20.0 Å². The molecule has 4 rings (SSSR count). The Morgan fingerprint density at radius 2 is 2.00 bits per heavy atom. The first-order valence-electron chi connectivity index (χ1n) is 8.35. The number of carbonyl (C=O) groups excluding carboxylic acids is 1. The summed E-state index contributed by atoms with van der Waals surface area (Å²) in [5.41, 5.74) is 2.86. The van der Waals surface area contributed by atoms with Crippen LogP contribution in [0.15, 0.2) is 36.1 Å². The molecule has 0 aliphatic carbocycles.